The van der Waals surface area contributed by atoms with Gasteiger partial charge in [-0.25, -0.2) is 0 Å². The fraction of sp³-hybridized carbons (Fsp3) is 0.351. The number of phenolic OH excluding ortho intramolecular Hbond substituents is 1. The van der Waals surface area contributed by atoms with E-state index in [1.54, 1.807) is 12.1 Å². The minimum atomic E-state index is -1.06. The number of halogens is 1. The molecule has 0 unspecified atom stereocenters. The highest BCUT2D eigenvalue weighted by Gasteiger charge is 2.57. The number of benzene rings is 3. The standard InChI is InChI=1S/C37H39BINO7/c1-3-10-23(17-24-18-30(39)35(41)32(19-24)45-2)15-16-31-33-25(22-46-27-13-8-5-9-14-27)20-28-34(29(33)21-38(44)47-31)37(43)40(36(28)42)26-11-6-4-7-12-26/h4-9,11-14,17-19,28-29,31,34,41,44H,3,10,15-16,20-22H2,1-2H3/b23-17+/t28-,29+,31-,34-/m1/s1. The minimum absolute atomic E-state index is 0.122. The van der Waals surface area contributed by atoms with Crippen LogP contribution in [0.5, 0.6) is 17.2 Å². The number of fused-ring (bicyclic) bond motifs is 3. The maximum absolute atomic E-state index is 14.1. The number of anilines is 1. The molecular weight excluding hydrogens is 708 g/mol. The summed E-state index contributed by atoms with van der Waals surface area (Å²) >= 11 is 2.10. The van der Waals surface area contributed by atoms with Crippen molar-refractivity contribution >= 4 is 53.3 Å². The normalized spacial score (nSPS) is 22.8. The zero-order valence-corrected chi connectivity index (χ0v) is 28.8. The summed E-state index contributed by atoms with van der Waals surface area (Å²) < 4.78 is 18.6. The zero-order valence-electron chi connectivity index (χ0n) is 26.6. The van der Waals surface area contributed by atoms with Crippen molar-refractivity contribution in [2.24, 2.45) is 17.8 Å². The van der Waals surface area contributed by atoms with Gasteiger partial charge in [-0.2, -0.15) is 0 Å². The molecule has 8 nitrogen and oxygen atoms in total. The predicted molar refractivity (Wildman–Crippen MR) is 190 cm³/mol. The lowest BCUT2D eigenvalue weighted by molar-refractivity contribution is -0.122. The van der Waals surface area contributed by atoms with Crippen molar-refractivity contribution in [3.8, 4) is 17.2 Å². The Morgan fingerprint density at radius 3 is 2.47 bits per heavy atom. The van der Waals surface area contributed by atoms with Gasteiger partial charge in [0, 0.05) is 0 Å². The van der Waals surface area contributed by atoms with E-state index in [-0.39, 0.29) is 36.4 Å². The van der Waals surface area contributed by atoms with Crippen LogP contribution in [-0.2, 0) is 14.2 Å². The molecule has 2 heterocycles. The van der Waals surface area contributed by atoms with Gasteiger partial charge in [-0.1, -0.05) is 61.4 Å². The first-order chi connectivity index (χ1) is 22.8. The Labute approximate surface area is 289 Å². The molecule has 2 aliphatic heterocycles. The van der Waals surface area contributed by atoms with E-state index in [9.17, 15) is 19.7 Å². The van der Waals surface area contributed by atoms with Gasteiger partial charge in [0.1, 0.15) is 12.4 Å². The van der Waals surface area contributed by atoms with Gasteiger partial charge in [-0.3, -0.25) is 14.5 Å². The minimum Gasteiger partial charge on any atom is -0.504 e. The van der Waals surface area contributed by atoms with Gasteiger partial charge in [0.05, 0.1) is 34.3 Å². The third kappa shape index (κ3) is 7.00. The number of ether oxygens (including phenoxy) is 2. The highest BCUT2D eigenvalue weighted by Crippen LogP contribution is 2.51. The Balaban J connectivity index is 1.33. The second-order valence-corrected chi connectivity index (χ2v) is 13.6. The SMILES string of the molecule is CCC/C(=C\c1cc(I)c(O)c(OC)c1)CC[C@H]1OB(O)C[C@H]2C1=C(COc1ccccc1)C[C@H]1C(=O)N(c3ccccc3)C(=O)[C@H]12. The summed E-state index contributed by atoms with van der Waals surface area (Å²) in [6.45, 7) is 2.40. The molecule has 2 N–H and O–H groups in total. The van der Waals surface area contributed by atoms with Crippen LogP contribution in [0.4, 0.5) is 5.69 Å². The number of methoxy groups -OCH3 is 1. The highest BCUT2D eigenvalue weighted by molar-refractivity contribution is 14.1. The van der Waals surface area contributed by atoms with Crippen LogP contribution in [0.25, 0.3) is 6.08 Å². The van der Waals surface area contributed by atoms with E-state index in [1.807, 2.05) is 60.7 Å². The van der Waals surface area contributed by atoms with Crippen LogP contribution >= 0.6 is 22.6 Å². The number of para-hydroxylation sites is 2. The summed E-state index contributed by atoms with van der Waals surface area (Å²) in [7, 11) is 0.482. The first-order valence-electron chi connectivity index (χ1n) is 16.2. The number of hydrogen-bond acceptors (Lipinski definition) is 7. The number of nitrogens with zero attached hydrogens (tertiary/aromatic N) is 1. The number of aromatic hydroxyl groups is 1. The second kappa shape index (κ2) is 14.7. The smallest absolute Gasteiger partial charge is 0.455 e. The summed E-state index contributed by atoms with van der Waals surface area (Å²) in [6, 6.07) is 22.4. The van der Waals surface area contributed by atoms with Crippen LogP contribution in [0.1, 0.15) is 44.6 Å². The second-order valence-electron chi connectivity index (χ2n) is 12.4. The first kappa shape index (κ1) is 33.3. The van der Waals surface area contributed by atoms with Gasteiger partial charge >= 0.3 is 7.12 Å². The molecule has 3 aromatic rings. The number of carbonyl (C=O) groups excluding carboxylic acids is 2. The Morgan fingerprint density at radius 1 is 1.04 bits per heavy atom. The predicted octanol–water partition coefficient (Wildman–Crippen LogP) is 7.05. The molecule has 2 saturated heterocycles. The van der Waals surface area contributed by atoms with Crippen molar-refractivity contribution in [1.82, 2.24) is 0 Å². The van der Waals surface area contributed by atoms with Gasteiger partial charge in [-0.05, 0) is 114 Å². The van der Waals surface area contributed by atoms with Crippen LogP contribution in [0.2, 0.25) is 6.32 Å². The molecule has 244 valence electrons. The Hall–Kier alpha value is -3.61. The lowest BCUT2D eigenvalue weighted by atomic mass is 9.58. The molecule has 2 fully saturated rings. The van der Waals surface area contributed by atoms with Gasteiger partial charge in [0.25, 0.3) is 0 Å². The third-order valence-corrected chi connectivity index (χ3v) is 10.2. The molecule has 0 saturated carbocycles. The molecule has 0 spiro atoms. The molecule has 4 atom stereocenters. The van der Waals surface area contributed by atoms with E-state index >= 15 is 0 Å². The average Bonchev–Trinajstić information content (AvgIpc) is 3.33. The van der Waals surface area contributed by atoms with E-state index in [4.69, 9.17) is 14.1 Å². The number of allylic oxidation sites excluding steroid dienone is 1. The summed E-state index contributed by atoms with van der Waals surface area (Å²) in [5.41, 5.74) is 4.66. The molecule has 0 bridgehead atoms. The highest BCUT2D eigenvalue weighted by atomic mass is 127. The number of amides is 2. The molecule has 0 radical (unpaired) electrons. The van der Waals surface area contributed by atoms with Crippen molar-refractivity contribution in [3.63, 3.8) is 0 Å². The largest absolute Gasteiger partial charge is 0.504 e. The molecule has 2 amide bonds. The van der Waals surface area contributed by atoms with Crippen LogP contribution in [-0.4, -0.2) is 48.9 Å². The van der Waals surface area contributed by atoms with E-state index in [0.29, 0.717) is 34.3 Å². The maximum atomic E-state index is 14.1. The van der Waals surface area contributed by atoms with Gasteiger partial charge < -0.3 is 24.3 Å². The van der Waals surface area contributed by atoms with E-state index < -0.39 is 25.1 Å². The molecule has 10 heteroatoms. The summed E-state index contributed by atoms with van der Waals surface area (Å²) in [4.78, 5) is 29.3. The fourth-order valence-electron chi connectivity index (χ4n) is 7.39. The van der Waals surface area contributed by atoms with Crippen LogP contribution in [0.3, 0.4) is 0 Å². The van der Waals surface area contributed by atoms with Gasteiger partial charge in [-0.15, -0.1) is 0 Å². The molecule has 3 aliphatic rings. The van der Waals surface area contributed by atoms with Crippen molar-refractivity contribution in [1.29, 1.82) is 0 Å². The molecule has 0 aromatic heterocycles. The van der Waals surface area contributed by atoms with Gasteiger partial charge in [0.2, 0.25) is 11.8 Å². The number of rotatable bonds is 11. The van der Waals surface area contributed by atoms with Crippen molar-refractivity contribution < 1.29 is 33.8 Å². The fourth-order valence-corrected chi connectivity index (χ4v) is 8.02. The summed E-state index contributed by atoms with van der Waals surface area (Å²) in [5.74, 6) is -0.597. The Morgan fingerprint density at radius 2 is 1.77 bits per heavy atom. The van der Waals surface area contributed by atoms with Crippen molar-refractivity contribution in [2.75, 3.05) is 18.6 Å². The average molecular weight is 747 g/mol. The van der Waals surface area contributed by atoms with Crippen molar-refractivity contribution in [2.45, 2.75) is 51.5 Å². The zero-order chi connectivity index (χ0) is 33.1. The van der Waals surface area contributed by atoms with Crippen LogP contribution in [0, 0.1) is 21.3 Å². The molecule has 1 aliphatic carbocycles. The lowest BCUT2D eigenvalue weighted by Crippen LogP contribution is -2.46. The van der Waals surface area contributed by atoms with Crippen LogP contribution in [0.15, 0.2) is 89.5 Å². The number of phenols is 1. The summed E-state index contributed by atoms with van der Waals surface area (Å²) in [6.07, 6.45) is 5.44. The summed E-state index contributed by atoms with van der Waals surface area (Å²) in [5, 5.41) is 21.4. The molecule has 47 heavy (non-hydrogen) atoms. The maximum Gasteiger partial charge on any atom is 0.455 e. The monoisotopic (exact) mass is 747 g/mol. The van der Waals surface area contributed by atoms with E-state index in [1.165, 1.54) is 17.6 Å². The molecular formula is C37H39BINO7. The third-order valence-electron chi connectivity index (χ3n) is 9.42. The van der Waals surface area contributed by atoms with E-state index in [2.05, 4.69) is 35.6 Å². The van der Waals surface area contributed by atoms with E-state index in [0.717, 1.165) is 35.3 Å². The van der Waals surface area contributed by atoms with Gasteiger partial charge in [0.15, 0.2) is 11.5 Å². The molecule has 3 aromatic carbocycles. The van der Waals surface area contributed by atoms with Crippen LogP contribution < -0.4 is 14.4 Å². The van der Waals surface area contributed by atoms with Crippen molar-refractivity contribution in [3.05, 3.63) is 98.6 Å². The lowest BCUT2D eigenvalue weighted by Gasteiger charge is -2.43. The quantitative estimate of drug-likeness (QED) is 0.0938. The Kier molecular flexibility index (Phi) is 10.4. The molecule has 6 rings (SSSR count). The Bertz CT molecular complexity index is 1680. The number of carbonyl (C=O) groups is 2. The topological polar surface area (TPSA) is 106 Å². The number of imide groups is 1. The number of hydrogen-bond donors (Lipinski definition) is 2. The first-order valence-corrected chi connectivity index (χ1v) is 17.3.